The maximum atomic E-state index is 13.8. The number of amides is 1. The number of ether oxygens (including phenoxy) is 4. The molecule has 5 rings (SSSR count). The number of carbonyl (C=O) groups is 2. The fourth-order valence-electron chi connectivity index (χ4n) is 4.74. The molecule has 0 radical (unpaired) electrons. The first kappa shape index (κ1) is 30.4. The minimum atomic E-state index is -1.10. The van der Waals surface area contributed by atoms with E-state index < -0.39 is 23.4 Å². The minimum Gasteiger partial charge on any atom is -0.493 e. The van der Waals surface area contributed by atoms with Crippen molar-refractivity contribution in [2.24, 2.45) is 0 Å². The van der Waals surface area contributed by atoms with Gasteiger partial charge in [-0.05, 0) is 49.2 Å². The van der Waals surface area contributed by atoms with E-state index in [0.717, 1.165) is 5.56 Å². The van der Waals surface area contributed by atoms with Gasteiger partial charge < -0.3 is 28.7 Å². The van der Waals surface area contributed by atoms with Crippen LogP contribution in [0.1, 0.15) is 30.6 Å². The maximum absolute atomic E-state index is 13.8. The zero-order valence-corrected chi connectivity index (χ0v) is 25.5. The molecule has 0 spiro atoms. The lowest BCUT2D eigenvalue weighted by Crippen LogP contribution is -2.34. The van der Waals surface area contributed by atoms with Gasteiger partial charge in [-0.25, -0.2) is 4.79 Å². The van der Waals surface area contributed by atoms with Crippen LogP contribution in [0.15, 0.2) is 87.4 Å². The van der Waals surface area contributed by atoms with Crippen molar-refractivity contribution < 1.29 is 33.0 Å². The van der Waals surface area contributed by atoms with Crippen molar-refractivity contribution in [3.63, 3.8) is 0 Å². The number of thiophene rings is 1. The number of hydrogen-bond donors (Lipinski definition) is 1. The van der Waals surface area contributed by atoms with Gasteiger partial charge in [0.15, 0.2) is 23.4 Å². The summed E-state index contributed by atoms with van der Waals surface area (Å²) in [5.74, 6) is -0.158. The van der Waals surface area contributed by atoms with E-state index >= 15 is 0 Å². The van der Waals surface area contributed by atoms with Crippen LogP contribution in [0.5, 0.6) is 17.2 Å². The molecule has 0 fully saturated rings. The molecule has 10 heteroatoms. The molecule has 1 amide bonds. The number of fused-ring (bicyclic) bond motifs is 1. The molecule has 0 aliphatic heterocycles. The number of methoxy groups -OCH3 is 2. The smallest absolute Gasteiger partial charge is 0.341 e. The van der Waals surface area contributed by atoms with Crippen molar-refractivity contribution >= 4 is 39.2 Å². The second-order valence-electron chi connectivity index (χ2n) is 9.60. The second-order valence-corrected chi connectivity index (χ2v) is 10.5. The van der Waals surface area contributed by atoms with Crippen LogP contribution in [0.25, 0.3) is 33.4 Å². The van der Waals surface area contributed by atoms with E-state index in [1.54, 1.807) is 61.7 Å². The minimum absolute atomic E-state index is 0.125. The molecule has 0 bridgehead atoms. The molecule has 44 heavy (non-hydrogen) atoms. The molecule has 5 aromatic rings. The lowest BCUT2D eigenvalue weighted by atomic mass is 10.0. The molecule has 9 nitrogen and oxygen atoms in total. The van der Waals surface area contributed by atoms with Gasteiger partial charge in [0.2, 0.25) is 11.2 Å². The van der Waals surface area contributed by atoms with Crippen molar-refractivity contribution in [2.75, 3.05) is 26.1 Å². The van der Waals surface area contributed by atoms with Gasteiger partial charge in [0.1, 0.15) is 16.1 Å². The van der Waals surface area contributed by atoms with E-state index in [-0.39, 0.29) is 30.1 Å². The highest BCUT2D eigenvalue weighted by atomic mass is 32.1. The van der Waals surface area contributed by atoms with Crippen LogP contribution in [0.3, 0.4) is 0 Å². The Morgan fingerprint density at radius 2 is 1.64 bits per heavy atom. The summed E-state index contributed by atoms with van der Waals surface area (Å²) in [5.41, 5.74) is 2.12. The van der Waals surface area contributed by atoms with Gasteiger partial charge in [-0.1, -0.05) is 49.4 Å². The Hall–Kier alpha value is -5.09. The highest BCUT2D eigenvalue weighted by Gasteiger charge is 2.28. The van der Waals surface area contributed by atoms with Gasteiger partial charge in [-0.3, -0.25) is 9.59 Å². The Bertz CT molecular complexity index is 1860. The summed E-state index contributed by atoms with van der Waals surface area (Å²) in [6.07, 6.45) is -0.884. The number of carbonyl (C=O) groups excluding carboxylic acids is 2. The van der Waals surface area contributed by atoms with Crippen molar-refractivity contribution in [1.29, 1.82) is 0 Å². The van der Waals surface area contributed by atoms with Gasteiger partial charge in [0, 0.05) is 16.5 Å². The predicted octanol–water partition coefficient (Wildman–Crippen LogP) is 7.18. The third-order valence-corrected chi connectivity index (χ3v) is 7.81. The lowest BCUT2D eigenvalue weighted by molar-refractivity contribution is -0.122. The molecule has 0 aliphatic rings. The van der Waals surface area contributed by atoms with E-state index in [2.05, 4.69) is 5.32 Å². The summed E-state index contributed by atoms with van der Waals surface area (Å²) in [6, 6.07) is 21.3. The topological polar surface area (TPSA) is 113 Å². The van der Waals surface area contributed by atoms with Crippen molar-refractivity contribution in [3.8, 4) is 39.7 Å². The molecule has 1 N–H and O–H groups in total. The van der Waals surface area contributed by atoms with Crippen LogP contribution >= 0.6 is 11.3 Å². The van der Waals surface area contributed by atoms with Crippen LogP contribution in [-0.4, -0.2) is 38.8 Å². The van der Waals surface area contributed by atoms with Gasteiger partial charge in [-0.2, -0.15) is 0 Å². The van der Waals surface area contributed by atoms with Crippen molar-refractivity contribution in [1.82, 2.24) is 0 Å². The monoisotopic (exact) mass is 613 g/mol. The largest absolute Gasteiger partial charge is 0.493 e. The quantitative estimate of drug-likeness (QED) is 0.156. The van der Waals surface area contributed by atoms with Crippen LogP contribution in [0.2, 0.25) is 0 Å². The van der Waals surface area contributed by atoms with E-state index in [9.17, 15) is 14.4 Å². The average molecular weight is 614 g/mol. The molecular weight excluding hydrogens is 582 g/mol. The fourth-order valence-corrected chi connectivity index (χ4v) is 5.70. The van der Waals surface area contributed by atoms with E-state index in [0.29, 0.717) is 38.6 Å². The fraction of sp³-hybridized carbons (Fsp3) is 0.206. The first-order chi connectivity index (χ1) is 21.4. The summed E-state index contributed by atoms with van der Waals surface area (Å²) in [4.78, 5) is 40.5. The Morgan fingerprint density at radius 3 is 2.34 bits per heavy atom. The lowest BCUT2D eigenvalue weighted by Gasteiger charge is -2.19. The Labute approximate surface area is 258 Å². The number of benzene rings is 3. The molecule has 226 valence electrons. The second kappa shape index (κ2) is 13.5. The van der Waals surface area contributed by atoms with Crippen LogP contribution in [-0.2, 0) is 9.53 Å². The highest BCUT2D eigenvalue weighted by molar-refractivity contribution is 7.15. The summed E-state index contributed by atoms with van der Waals surface area (Å²) in [6.45, 7) is 3.66. The SMILES string of the molecule is CCOC(=O)c1c(-c2ccccc2)csc1NC(=O)C(CC)Oc1c(-c2ccc(OC)c(OC)c2)oc2ccccc2c1=O. The molecule has 0 saturated heterocycles. The predicted molar refractivity (Wildman–Crippen MR) is 170 cm³/mol. The maximum Gasteiger partial charge on any atom is 0.341 e. The molecule has 2 heterocycles. The van der Waals surface area contributed by atoms with Crippen LogP contribution in [0, 0.1) is 0 Å². The zero-order valence-electron chi connectivity index (χ0n) is 24.7. The number of esters is 1. The average Bonchev–Trinajstić information content (AvgIpc) is 3.48. The van der Waals surface area contributed by atoms with Gasteiger partial charge in [0.05, 0.1) is 26.2 Å². The molecule has 0 saturated carbocycles. The van der Waals surface area contributed by atoms with Gasteiger partial charge in [-0.15, -0.1) is 11.3 Å². The Morgan fingerprint density at radius 1 is 0.909 bits per heavy atom. The first-order valence-corrected chi connectivity index (χ1v) is 14.9. The zero-order chi connectivity index (χ0) is 31.2. The molecule has 3 aromatic carbocycles. The van der Waals surface area contributed by atoms with Gasteiger partial charge >= 0.3 is 5.97 Å². The number of nitrogens with one attached hydrogen (secondary N) is 1. The Balaban J connectivity index is 1.54. The third kappa shape index (κ3) is 6.02. The van der Waals surface area contributed by atoms with E-state index in [1.165, 1.54) is 25.6 Å². The number of anilines is 1. The Kier molecular flexibility index (Phi) is 9.30. The molecule has 1 atom stereocenters. The molecule has 2 aromatic heterocycles. The van der Waals surface area contributed by atoms with E-state index in [4.69, 9.17) is 23.4 Å². The summed E-state index contributed by atoms with van der Waals surface area (Å²) in [5, 5.41) is 5.27. The highest BCUT2D eigenvalue weighted by Crippen LogP contribution is 2.38. The summed E-state index contributed by atoms with van der Waals surface area (Å²) in [7, 11) is 3.03. The van der Waals surface area contributed by atoms with Crippen molar-refractivity contribution in [3.05, 3.63) is 94.0 Å². The number of hydrogen-bond acceptors (Lipinski definition) is 9. The van der Waals surface area contributed by atoms with Crippen LogP contribution in [0.4, 0.5) is 5.00 Å². The summed E-state index contributed by atoms with van der Waals surface area (Å²) >= 11 is 1.21. The number of rotatable bonds is 11. The van der Waals surface area contributed by atoms with Gasteiger partial charge in [0.25, 0.3) is 5.91 Å². The van der Waals surface area contributed by atoms with Crippen LogP contribution < -0.4 is 25.0 Å². The van der Waals surface area contributed by atoms with Crippen molar-refractivity contribution in [2.45, 2.75) is 26.4 Å². The number of para-hydroxylation sites is 1. The van der Waals surface area contributed by atoms with E-state index in [1.807, 2.05) is 30.3 Å². The third-order valence-electron chi connectivity index (χ3n) is 6.92. The molecular formula is C34H31NO8S. The molecule has 0 aliphatic carbocycles. The standard InChI is InChI=1S/C34H31NO8S/c1-5-24(32(37)35-33-28(34(38)41-6-2)23(19-44-33)20-12-8-7-9-13-20)42-31-29(36)22-14-10-11-15-25(22)43-30(31)21-16-17-26(39-3)27(18-21)40-4/h7-19,24H,5-6H2,1-4H3,(H,35,37). The molecule has 1 unspecified atom stereocenters. The first-order valence-electron chi connectivity index (χ1n) is 14.0. The normalized spacial score (nSPS) is 11.5. The summed E-state index contributed by atoms with van der Waals surface area (Å²) < 4.78 is 28.5.